The van der Waals surface area contributed by atoms with E-state index in [9.17, 15) is 4.79 Å². The van der Waals surface area contributed by atoms with Crippen LogP contribution in [0.3, 0.4) is 0 Å². The highest BCUT2D eigenvalue weighted by molar-refractivity contribution is 5.69. The molecule has 76 valence electrons. The highest BCUT2D eigenvalue weighted by Crippen LogP contribution is 2.13. The van der Waals surface area contributed by atoms with E-state index in [2.05, 4.69) is 9.72 Å². The molecule has 0 N–H and O–H groups in total. The van der Waals surface area contributed by atoms with Crippen molar-refractivity contribution in [3.05, 3.63) is 24.0 Å². The van der Waals surface area contributed by atoms with Gasteiger partial charge in [0.15, 0.2) is 0 Å². The van der Waals surface area contributed by atoms with Gasteiger partial charge in [-0.05, 0) is 19.1 Å². The molecule has 0 aliphatic carbocycles. The van der Waals surface area contributed by atoms with Crippen LogP contribution in [0.15, 0.2) is 18.3 Å². The maximum Gasteiger partial charge on any atom is 0.308 e. The Morgan fingerprint density at radius 2 is 2.36 bits per heavy atom. The normalized spacial score (nSPS) is 9.57. The molecule has 1 heterocycles. The Morgan fingerprint density at radius 1 is 1.57 bits per heavy atom. The summed E-state index contributed by atoms with van der Waals surface area (Å²) in [7, 11) is 1.36. The van der Waals surface area contributed by atoms with Gasteiger partial charge in [-0.25, -0.2) is 0 Å². The molecule has 0 saturated carbocycles. The molecule has 0 fully saturated rings. The standard InChI is InChI=1S/C10H13NO3/c1-8-9(4-3-6-11-8)14-7-5-10(12)13-2/h3-4,6H,5,7H2,1-2H3. The molecule has 0 saturated heterocycles. The van der Waals surface area contributed by atoms with Crippen molar-refractivity contribution in [1.29, 1.82) is 0 Å². The van der Waals surface area contributed by atoms with Gasteiger partial charge in [-0.1, -0.05) is 0 Å². The molecule has 1 aromatic rings. The van der Waals surface area contributed by atoms with Crippen molar-refractivity contribution in [2.24, 2.45) is 0 Å². The number of esters is 1. The smallest absolute Gasteiger partial charge is 0.308 e. The summed E-state index contributed by atoms with van der Waals surface area (Å²) < 4.78 is 9.83. The second-order valence-electron chi connectivity index (χ2n) is 2.76. The number of methoxy groups -OCH3 is 1. The van der Waals surface area contributed by atoms with Crippen LogP contribution in [-0.4, -0.2) is 24.7 Å². The Morgan fingerprint density at radius 3 is 3.00 bits per heavy atom. The molecule has 0 spiro atoms. The molecule has 1 rings (SSSR count). The van der Waals surface area contributed by atoms with Gasteiger partial charge in [-0.3, -0.25) is 9.78 Å². The molecule has 0 bridgehead atoms. The molecule has 14 heavy (non-hydrogen) atoms. The lowest BCUT2D eigenvalue weighted by Gasteiger charge is -2.06. The van der Waals surface area contributed by atoms with E-state index < -0.39 is 0 Å². The Labute approximate surface area is 82.9 Å². The van der Waals surface area contributed by atoms with Crippen LogP contribution in [0.25, 0.3) is 0 Å². The number of pyridine rings is 1. The quantitative estimate of drug-likeness (QED) is 0.680. The summed E-state index contributed by atoms with van der Waals surface area (Å²) in [5, 5.41) is 0. The van der Waals surface area contributed by atoms with Crippen LogP contribution < -0.4 is 4.74 Å². The minimum absolute atomic E-state index is 0.255. The van der Waals surface area contributed by atoms with Crippen LogP contribution in [-0.2, 0) is 9.53 Å². The monoisotopic (exact) mass is 195 g/mol. The first-order chi connectivity index (χ1) is 6.74. The number of aryl methyl sites for hydroxylation is 1. The predicted octanol–water partition coefficient (Wildman–Crippen LogP) is 1.33. The van der Waals surface area contributed by atoms with Gasteiger partial charge in [-0.2, -0.15) is 0 Å². The summed E-state index contributed by atoms with van der Waals surface area (Å²) in [4.78, 5) is 14.8. The molecule has 0 aliphatic heterocycles. The maximum atomic E-state index is 10.8. The Kier molecular flexibility index (Phi) is 3.91. The number of aromatic nitrogens is 1. The van der Waals surface area contributed by atoms with Crippen LogP contribution in [0, 0.1) is 6.92 Å². The SMILES string of the molecule is COC(=O)CCOc1cccnc1C. The summed E-state index contributed by atoms with van der Waals surface area (Å²) in [5.74, 6) is 0.433. The first kappa shape index (κ1) is 10.5. The molecule has 0 aromatic carbocycles. The van der Waals surface area contributed by atoms with Crippen LogP contribution in [0.4, 0.5) is 0 Å². The summed E-state index contributed by atoms with van der Waals surface area (Å²) in [6.45, 7) is 2.17. The van der Waals surface area contributed by atoms with Gasteiger partial charge in [0.25, 0.3) is 0 Å². The molecular weight excluding hydrogens is 182 g/mol. The van der Waals surface area contributed by atoms with Crippen molar-refractivity contribution >= 4 is 5.97 Å². The van der Waals surface area contributed by atoms with Gasteiger partial charge in [0.1, 0.15) is 5.75 Å². The summed E-state index contributed by atoms with van der Waals surface area (Å²) in [6, 6.07) is 3.61. The lowest BCUT2D eigenvalue weighted by Crippen LogP contribution is -2.08. The lowest BCUT2D eigenvalue weighted by molar-refractivity contribution is -0.141. The fourth-order valence-corrected chi connectivity index (χ4v) is 0.968. The largest absolute Gasteiger partial charge is 0.491 e. The minimum Gasteiger partial charge on any atom is -0.491 e. The molecule has 4 heteroatoms. The molecular formula is C10H13NO3. The molecule has 4 nitrogen and oxygen atoms in total. The zero-order chi connectivity index (χ0) is 10.4. The predicted molar refractivity (Wildman–Crippen MR) is 51.1 cm³/mol. The lowest BCUT2D eigenvalue weighted by atomic mass is 10.3. The van der Waals surface area contributed by atoms with Gasteiger partial charge in [0, 0.05) is 6.20 Å². The maximum absolute atomic E-state index is 10.8. The summed E-state index contributed by atoms with van der Waals surface area (Å²) in [6.07, 6.45) is 1.95. The fourth-order valence-electron chi connectivity index (χ4n) is 0.968. The zero-order valence-corrected chi connectivity index (χ0v) is 8.32. The Bertz CT molecular complexity index is 312. The Balaban J connectivity index is 2.39. The highest BCUT2D eigenvalue weighted by atomic mass is 16.5. The number of hydrogen-bond donors (Lipinski definition) is 0. The average molecular weight is 195 g/mol. The second-order valence-corrected chi connectivity index (χ2v) is 2.76. The second kappa shape index (κ2) is 5.21. The number of ether oxygens (including phenoxy) is 2. The fraction of sp³-hybridized carbons (Fsp3) is 0.400. The summed E-state index contributed by atoms with van der Waals surface area (Å²) in [5.41, 5.74) is 0.817. The van der Waals surface area contributed by atoms with Gasteiger partial charge in [0.2, 0.25) is 0 Å². The van der Waals surface area contributed by atoms with E-state index in [1.165, 1.54) is 7.11 Å². The first-order valence-electron chi connectivity index (χ1n) is 4.35. The van der Waals surface area contributed by atoms with E-state index in [1.807, 2.05) is 13.0 Å². The number of hydrogen-bond acceptors (Lipinski definition) is 4. The van der Waals surface area contributed by atoms with Crippen molar-refractivity contribution < 1.29 is 14.3 Å². The molecule has 0 aliphatic rings. The van der Waals surface area contributed by atoms with Crippen molar-refractivity contribution in [2.45, 2.75) is 13.3 Å². The van der Waals surface area contributed by atoms with E-state index >= 15 is 0 Å². The third kappa shape index (κ3) is 3.05. The van der Waals surface area contributed by atoms with Crippen LogP contribution >= 0.6 is 0 Å². The van der Waals surface area contributed by atoms with Crippen LogP contribution in [0.2, 0.25) is 0 Å². The van der Waals surface area contributed by atoms with E-state index in [4.69, 9.17) is 4.74 Å². The number of rotatable bonds is 4. The van der Waals surface area contributed by atoms with Crippen molar-refractivity contribution in [3.63, 3.8) is 0 Å². The number of carbonyl (C=O) groups excluding carboxylic acids is 1. The van der Waals surface area contributed by atoms with E-state index in [1.54, 1.807) is 12.3 Å². The van der Waals surface area contributed by atoms with E-state index in [0.29, 0.717) is 12.4 Å². The molecule has 0 unspecified atom stereocenters. The van der Waals surface area contributed by atoms with Gasteiger partial charge in [-0.15, -0.1) is 0 Å². The number of nitrogens with zero attached hydrogens (tertiary/aromatic N) is 1. The van der Waals surface area contributed by atoms with Crippen molar-refractivity contribution in [2.75, 3.05) is 13.7 Å². The molecule has 0 atom stereocenters. The van der Waals surface area contributed by atoms with Gasteiger partial charge >= 0.3 is 5.97 Å². The highest BCUT2D eigenvalue weighted by Gasteiger charge is 2.02. The van der Waals surface area contributed by atoms with Crippen molar-refractivity contribution in [3.8, 4) is 5.75 Å². The zero-order valence-electron chi connectivity index (χ0n) is 8.32. The number of carbonyl (C=O) groups is 1. The van der Waals surface area contributed by atoms with Crippen LogP contribution in [0.1, 0.15) is 12.1 Å². The van der Waals surface area contributed by atoms with Crippen LogP contribution in [0.5, 0.6) is 5.75 Å². The first-order valence-corrected chi connectivity index (χ1v) is 4.35. The topological polar surface area (TPSA) is 48.4 Å². The third-order valence-corrected chi connectivity index (χ3v) is 1.75. The third-order valence-electron chi connectivity index (χ3n) is 1.75. The molecule has 0 amide bonds. The van der Waals surface area contributed by atoms with Gasteiger partial charge in [0.05, 0.1) is 25.8 Å². The molecule has 0 radical (unpaired) electrons. The summed E-state index contributed by atoms with van der Waals surface area (Å²) >= 11 is 0. The average Bonchev–Trinajstić information content (AvgIpc) is 2.20. The van der Waals surface area contributed by atoms with Crippen molar-refractivity contribution in [1.82, 2.24) is 4.98 Å². The van der Waals surface area contributed by atoms with E-state index in [-0.39, 0.29) is 12.4 Å². The van der Waals surface area contributed by atoms with E-state index in [0.717, 1.165) is 5.69 Å². The Hall–Kier alpha value is -1.58. The van der Waals surface area contributed by atoms with Gasteiger partial charge < -0.3 is 9.47 Å². The minimum atomic E-state index is -0.272. The molecule has 1 aromatic heterocycles.